The summed E-state index contributed by atoms with van der Waals surface area (Å²) < 4.78 is 5.29. The topological polar surface area (TPSA) is 73.9 Å². The number of para-hydroxylation sites is 1. The first-order valence-electron chi connectivity index (χ1n) is 9.94. The first kappa shape index (κ1) is 20.8. The van der Waals surface area contributed by atoms with Gasteiger partial charge in [0.05, 0.1) is 26.3 Å². The fourth-order valence-electron chi connectivity index (χ4n) is 3.20. The SMILES string of the molecule is CCN(CC(=O)Nc1ccc(NC(=O)CN2CCOCC2)cc1)c1ccccc1. The minimum atomic E-state index is -0.0835. The van der Waals surface area contributed by atoms with Crippen molar-refractivity contribution in [3.63, 3.8) is 0 Å². The molecule has 1 fully saturated rings. The summed E-state index contributed by atoms with van der Waals surface area (Å²) in [6.07, 6.45) is 0. The van der Waals surface area contributed by atoms with Crippen molar-refractivity contribution in [1.29, 1.82) is 0 Å². The van der Waals surface area contributed by atoms with Gasteiger partial charge in [0.2, 0.25) is 11.8 Å². The molecule has 2 aromatic carbocycles. The van der Waals surface area contributed by atoms with Crippen LogP contribution in [0.3, 0.4) is 0 Å². The van der Waals surface area contributed by atoms with Crippen LogP contribution in [0, 0.1) is 0 Å². The van der Waals surface area contributed by atoms with Gasteiger partial charge in [-0.3, -0.25) is 14.5 Å². The van der Waals surface area contributed by atoms with Gasteiger partial charge in [0.15, 0.2) is 0 Å². The Labute approximate surface area is 171 Å². The van der Waals surface area contributed by atoms with Gasteiger partial charge in [-0.05, 0) is 43.3 Å². The van der Waals surface area contributed by atoms with Crippen LogP contribution >= 0.6 is 0 Å². The van der Waals surface area contributed by atoms with Crippen molar-refractivity contribution in [2.75, 3.05) is 61.5 Å². The number of rotatable bonds is 8. The van der Waals surface area contributed by atoms with E-state index in [1.54, 1.807) is 24.3 Å². The summed E-state index contributed by atoms with van der Waals surface area (Å²) in [4.78, 5) is 28.6. The molecule has 0 unspecified atom stereocenters. The molecule has 7 nitrogen and oxygen atoms in total. The number of hydrogen-bond donors (Lipinski definition) is 2. The van der Waals surface area contributed by atoms with Gasteiger partial charge >= 0.3 is 0 Å². The monoisotopic (exact) mass is 396 g/mol. The van der Waals surface area contributed by atoms with E-state index in [4.69, 9.17) is 4.74 Å². The number of amides is 2. The lowest BCUT2D eigenvalue weighted by Gasteiger charge is -2.25. The highest BCUT2D eigenvalue weighted by molar-refractivity contribution is 5.95. The van der Waals surface area contributed by atoms with Gasteiger partial charge < -0.3 is 20.3 Å². The maximum Gasteiger partial charge on any atom is 0.243 e. The Morgan fingerprint density at radius 1 is 0.931 bits per heavy atom. The molecule has 1 saturated heterocycles. The molecule has 2 aromatic rings. The second-order valence-corrected chi connectivity index (χ2v) is 6.91. The third-order valence-corrected chi connectivity index (χ3v) is 4.76. The fourth-order valence-corrected chi connectivity index (χ4v) is 3.20. The standard InChI is InChI=1S/C22H28N4O3/c1-2-26(20-6-4-3-5-7-20)17-22(28)24-19-10-8-18(9-11-19)23-21(27)16-25-12-14-29-15-13-25/h3-11H,2,12-17H2,1H3,(H,23,27)(H,24,28). The lowest BCUT2D eigenvalue weighted by atomic mass is 10.2. The van der Waals surface area contributed by atoms with Crippen molar-refractivity contribution < 1.29 is 14.3 Å². The Morgan fingerprint density at radius 2 is 1.52 bits per heavy atom. The van der Waals surface area contributed by atoms with Crippen LogP contribution in [0.4, 0.5) is 17.1 Å². The number of nitrogens with zero attached hydrogens (tertiary/aromatic N) is 2. The quantitative estimate of drug-likeness (QED) is 0.717. The summed E-state index contributed by atoms with van der Waals surface area (Å²) in [7, 11) is 0. The van der Waals surface area contributed by atoms with Gasteiger partial charge in [-0.2, -0.15) is 0 Å². The number of likely N-dealkylation sites (N-methyl/N-ethyl adjacent to an activating group) is 1. The molecular formula is C22H28N4O3. The van der Waals surface area contributed by atoms with Crippen LogP contribution < -0.4 is 15.5 Å². The van der Waals surface area contributed by atoms with E-state index >= 15 is 0 Å². The zero-order valence-corrected chi connectivity index (χ0v) is 16.8. The molecule has 0 bridgehead atoms. The van der Waals surface area contributed by atoms with E-state index in [9.17, 15) is 9.59 Å². The van der Waals surface area contributed by atoms with Crippen LogP contribution in [0.1, 0.15) is 6.92 Å². The highest BCUT2D eigenvalue weighted by Crippen LogP contribution is 2.15. The van der Waals surface area contributed by atoms with Crippen molar-refractivity contribution in [2.45, 2.75) is 6.92 Å². The van der Waals surface area contributed by atoms with Crippen LogP contribution in [0.15, 0.2) is 54.6 Å². The number of carbonyl (C=O) groups is 2. The molecule has 0 aromatic heterocycles. The Morgan fingerprint density at radius 3 is 2.10 bits per heavy atom. The second kappa shape index (κ2) is 10.6. The summed E-state index contributed by atoms with van der Waals surface area (Å²) >= 11 is 0. The first-order valence-corrected chi connectivity index (χ1v) is 9.94. The van der Waals surface area contributed by atoms with E-state index < -0.39 is 0 Å². The molecule has 2 N–H and O–H groups in total. The average molecular weight is 396 g/mol. The van der Waals surface area contributed by atoms with E-state index in [0.717, 1.165) is 25.3 Å². The lowest BCUT2D eigenvalue weighted by molar-refractivity contribution is -0.118. The second-order valence-electron chi connectivity index (χ2n) is 6.91. The number of ether oxygens (including phenoxy) is 1. The van der Waals surface area contributed by atoms with Crippen LogP contribution in [-0.4, -0.2) is 62.7 Å². The first-order chi connectivity index (χ1) is 14.1. The molecule has 2 amide bonds. The zero-order chi connectivity index (χ0) is 20.5. The largest absolute Gasteiger partial charge is 0.379 e. The van der Waals surface area contributed by atoms with E-state index in [1.807, 2.05) is 42.2 Å². The minimum absolute atomic E-state index is 0.0508. The van der Waals surface area contributed by atoms with Gasteiger partial charge in [-0.15, -0.1) is 0 Å². The molecule has 1 aliphatic rings. The Hall–Kier alpha value is -2.90. The van der Waals surface area contributed by atoms with E-state index in [0.29, 0.717) is 31.1 Å². The van der Waals surface area contributed by atoms with Gasteiger partial charge in [-0.1, -0.05) is 18.2 Å². The average Bonchev–Trinajstić information content (AvgIpc) is 2.75. The van der Waals surface area contributed by atoms with Gasteiger partial charge in [0, 0.05) is 36.7 Å². The summed E-state index contributed by atoms with van der Waals surface area (Å²) in [5.74, 6) is -0.134. The number of benzene rings is 2. The predicted octanol–water partition coefficient (Wildman–Crippen LogP) is 2.42. The third-order valence-electron chi connectivity index (χ3n) is 4.76. The van der Waals surface area contributed by atoms with Crippen LogP contribution in [-0.2, 0) is 14.3 Å². The van der Waals surface area contributed by atoms with Crippen LogP contribution in [0.5, 0.6) is 0 Å². The molecule has 29 heavy (non-hydrogen) atoms. The summed E-state index contributed by atoms with van der Waals surface area (Å²) in [6, 6.07) is 17.0. The van der Waals surface area contributed by atoms with E-state index in [1.165, 1.54) is 0 Å². The molecule has 0 saturated carbocycles. The maximum absolute atomic E-state index is 12.4. The molecule has 0 atom stereocenters. The lowest BCUT2D eigenvalue weighted by Crippen LogP contribution is -2.41. The molecule has 3 rings (SSSR count). The van der Waals surface area contributed by atoms with Gasteiger partial charge in [-0.25, -0.2) is 0 Å². The highest BCUT2D eigenvalue weighted by Gasteiger charge is 2.14. The van der Waals surface area contributed by atoms with Crippen molar-refractivity contribution in [3.05, 3.63) is 54.6 Å². The highest BCUT2D eigenvalue weighted by atomic mass is 16.5. The summed E-state index contributed by atoms with van der Waals surface area (Å²) in [5.41, 5.74) is 2.43. The smallest absolute Gasteiger partial charge is 0.243 e. The molecule has 1 heterocycles. The molecule has 0 spiro atoms. The fraction of sp³-hybridized carbons (Fsp3) is 0.364. The number of carbonyl (C=O) groups excluding carboxylic acids is 2. The maximum atomic E-state index is 12.4. The Kier molecular flexibility index (Phi) is 7.61. The number of morpholine rings is 1. The normalized spacial score (nSPS) is 14.2. The van der Waals surface area contributed by atoms with Gasteiger partial charge in [0.25, 0.3) is 0 Å². The Bertz CT molecular complexity index is 789. The minimum Gasteiger partial charge on any atom is -0.379 e. The molecular weight excluding hydrogens is 368 g/mol. The summed E-state index contributed by atoms with van der Waals surface area (Å²) in [5, 5.41) is 5.80. The van der Waals surface area contributed by atoms with E-state index in [-0.39, 0.29) is 18.4 Å². The molecule has 0 aliphatic carbocycles. The van der Waals surface area contributed by atoms with Crippen molar-refractivity contribution in [3.8, 4) is 0 Å². The number of anilines is 3. The third kappa shape index (κ3) is 6.58. The number of nitrogens with one attached hydrogen (secondary N) is 2. The van der Waals surface area contributed by atoms with Crippen molar-refractivity contribution in [1.82, 2.24) is 4.90 Å². The zero-order valence-electron chi connectivity index (χ0n) is 16.8. The predicted molar refractivity (Wildman–Crippen MR) is 115 cm³/mol. The van der Waals surface area contributed by atoms with E-state index in [2.05, 4.69) is 15.5 Å². The van der Waals surface area contributed by atoms with Crippen LogP contribution in [0.2, 0.25) is 0 Å². The van der Waals surface area contributed by atoms with Gasteiger partial charge in [0.1, 0.15) is 0 Å². The van der Waals surface area contributed by atoms with Crippen molar-refractivity contribution in [2.24, 2.45) is 0 Å². The van der Waals surface area contributed by atoms with Crippen LogP contribution in [0.25, 0.3) is 0 Å². The molecule has 7 heteroatoms. The Balaban J connectivity index is 1.48. The summed E-state index contributed by atoms with van der Waals surface area (Å²) in [6.45, 7) is 6.28. The molecule has 0 radical (unpaired) electrons. The van der Waals surface area contributed by atoms with Crippen molar-refractivity contribution >= 4 is 28.9 Å². The number of hydrogen-bond acceptors (Lipinski definition) is 5. The molecule has 1 aliphatic heterocycles. The molecule has 154 valence electrons.